The van der Waals surface area contributed by atoms with Crippen molar-refractivity contribution in [2.75, 3.05) is 17.2 Å². The number of anilines is 2. The van der Waals surface area contributed by atoms with E-state index in [4.69, 9.17) is 11.6 Å². The third-order valence-electron chi connectivity index (χ3n) is 1.78. The number of halogens is 1. The van der Waals surface area contributed by atoms with Gasteiger partial charge in [-0.3, -0.25) is 4.79 Å². The summed E-state index contributed by atoms with van der Waals surface area (Å²) in [6.07, 6.45) is 0.452. The van der Waals surface area contributed by atoms with Crippen LogP contribution in [0.1, 0.15) is 6.42 Å². The Labute approximate surface area is 80.3 Å². The maximum absolute atomic E-state index is 11.1. The largest absolute Gasteiger partial charge is 0.368 e. The average Bonchev–Trinajstić information content (AvgIpc) is 2.25. The normalized spacial score (nSPS) is 15.3. The molecular formula is C8H8ClN3O. The Morgan fingerprint density at radius 3 is 3.15 bits per heavy atom. The van der Waals surface area contributed by atoms with E-state index in [1.807, 2.05) is 0 Å². The maximum atomic E-state index is 11.1. The van der Waals surface area contributed by atoms with Gasteiger partial charge >= 0.3 is 0 Å². The number of hydrogen-bond donors (Lipinski definition) is 2. The smallest absolute Gasteiger partial charge is 0.226 e. The Bertz CT molecular complexity index is 353. The van der Waals surface area contributed by atoms with Crippen molar-refractivity contribution in [2.24, 2.45) is 0 Å². The first-order chi connectivity index (χ1) is 6.25. The summed E-state index contributed by atoms with van der Waals surface area (Å²) in [6.45, 7) is 0.589. The van der Waals surface area contributed by atoms with Crippen LogP contribution < -0.4 is 10.6 Å². The summed E-state index contributed by atoms with van der Waals surface area (Å²) in [5.41, 5.74) is 0.687. The Morgan fingerprint density at radius 1 is 1.46 bits per heavy atom. The SMILES string of the molecule is O=C1CCNc2nc(Cl)ccc2N1. The Kier molecular flexibility index (Phi) is 2.06. The molecule has 0 saturated carbocycles. The highest BCUT2D eigenvalue weighted by atomic mass is 35.5. The minimum Gasteiger partial charge on any atom is -0.368 e. The van der Waals surface area contributed by atoms with E-state index in [9.17, 15) is 4.79 Å². The number of aromatic nitrogens is 1. The molecule has 0 bridgehead atoms. The number of pyridine rings is 1. The van der Waals surface area contributed by atoms with Gasteiger partial charge in [0.25, 0.3) is 0 Å². The molecule has 1 aliphatic rings. The number of hydrogen-bond acceptors (Lipinski definition) is 3. The van der Waals surface area contributed by atoms with Gasteiger partial charge in [-0.15, -0.1) is 0 Å². The summed E-state index contributed by atoms with van der Waals surface area (Å²) >= 11 is 5.70. The fourth-order valence-electron chi connectivity index (χ4n) is 1.18. The maximum Gasteiger partial charge on any atom is 0.226 e. The minimum absolute atomic E-state index is 0.00428. The first kappa shape index (κ1) is 8.31. The summed E-state index contributed by atoms with van der Waals surface area (Å²) < 4.78 is 0. The van der Waals surface area contributed by atoms with Gasteiger partial charge in [-0.1, -0.05) is 11.6 Å². The monoisotopic (exact) mass is 197 g/mol. The van der Waals surface area contributed by atoms with E-state index in [1.165, 1.54) is 0 Å². The van der Waals surface area contributed by atoms with Gasteiger partial charge in [-0.25, -0.2) is 4.98 Å². The molecule has 13 heavy (non-hydrogen) atoms. The molecule has 1 aromatic heterocycles. The lowest BCUT2D eigenvalue weighted by Crippen LogP contribution is -2.10. The van der Waals surface area contributed by atoms with Gasteiger partial charge in [0.15, 0.2) is 5.82 Å². The van der Waals surface area contributed by atoms with Gasteiger partial charge in [-0.05, 0) is 12.1 Å². The zero-order valence-corrected chi connectivity index (χ0v) is 7.56. The Morgan fingerprint density at radius 2 is 2.31 bits per heavy atom. The topological polar surface area (TPSA) is 54.0 Å². The lowest BCUT2D eigenvalue weighted by atomic mass is 10.4. The van der Waals surface area contributed by atoms with Crippen LogP contribution in [0, 0.1) is 0 Å². The van der Waals surface area contributed by atoms with Crippen LogP contribution >= 0.6 is 11.6 Å². The number of fused-ring (bicyclic) bond motifs is 1. The average molecular weight is 198 g/mol. The molecule has 0 aliphatic carbocycles. The van der Waals surface area contributed by atoms with Crippen molar-refractivity contribution < 1.29 is 4.79 Å². The molecule has 1 aliphatic heterocycles. The third kappa shape index (κ3) is 1.72. The second kappa shape index (κ2) is 3.22. The standard InChI is InChI=1S/C8H8ClN3O/c9-6-2-1-5-8(12-6)10-4-3-7(13)11-5/h1-2H,3-4H2,(H,10,12)(H,11,13). The van der Waals surface area contributed by atoms with E-state index < -0.39 is 0 Å². The van der Waals surface area contributed by atoms with Crippen LogP contribution in [0.5, 0.6) is 0 Å². The number of carbonyl (C=O) groups is 1. The molecule has 68 valence electrons. The molecule has 1 amide bonds. The van der Waals surface area contributed by atoms with Crippen LogP contribution in [0.2, 0.25) is 5.15 Å². The molecule has 0 aromatic carbocycles. The Hall–Kier alpha value is -1.29. The van der Waals surface area contributed by atoms with Crippen molar-refractivity contribution in [3.8, 4) is 0 Å². The molecular weight excluding hydrogens is 190 g/mol. The summed E-state index contributed by atoms with van der Waals surface area (Å²) in [7, 11) is 0. The van der Waals surface area contributed by atoms with E-state index in [-0.39, 0.29) is 5.91 Å². The van der Waals surface area contributed by atoms with Crippen LogP contribution in [-0.2, 0) is 4.79 Å². The molecule has 2 N–H and O–H groups in total. The first-order valence-corrected chi connectivity index (χ1v) is 4.34. The second-order valence-corrected chi connectivity index (χ2v) is 3.14. The van der Waals surface area contributed by atoms with Crippen molar-refractivity contribution in [1.29, 1.82) is 0 Å². The molecule has 0 fully saturated rings. The number of carbonyl (C=O) groups excluding carboxylic acids is 1. The molecule has 0 spiro atoms. The quantitative estimate of drug-likeness (QED) is 0.620. The van der Waals surface area contributed by atoms with Crippen LogP contribution in [0.25, 0.3) is 0 Å². The molecule has 5 heteroatoms. The Balaban J connectivity index is 2.40. The van der Waals surface area contributed by atoms with Gasteiger partial charge in [-0.2, -0.15) is 0 Å². The molecule has 4 nitrogen and oxygen atoms in total. The summed E-state index contributed by atoms with van der Waals surface area (Å²) in [5.74, 6) is 0.633. The predicted molar refractivity (Wildman–Crippen MR) is 51.0 cm³/mol. The molecule has 0 unspecified atom stereocenters. The van der Waals surface area contributed by atoms with Gasteiger partial charge in [0.1, 0.15) is 5.15 Å². The van der Waals surface area contributed by atoms with Gasteiger partial charge in [0.05, 0.1) is 5.69 Å². The van der Waals surface area contributed by atoms with Crippen LogP contribution in [0.3, 0.4) is 0 Å². The molecule has 1 aromatic rings. The van der Waals surface area contributed by atoms with Crippen LogP contribution in [0.15, 0.2) is 12.1 Å². The van der Waals surface area contributed by atoms with Gasteiger partial charge < -0.3 is 10.6 Å². The van der Waals surface area contributed by atoms with E-state index in [2.05, 4.69) is 15.6 Å². The minimum atomic E-state index is -0.00428. The molecule has 2 rings (SSSR count). The lowest BCUT2D eigenvalue weighted by Gasteiger charge is -2.05. The summed E-state index contributed by atoms with van der Waals surface area (Å²) in [4.78, 5) is 15.2. The lowest BCUT2D eigenvalue weighted by molar-refractivity contribution is -0.115. The molecule has 0 saturated heterocycles. The third-order valence-corrected chi connectivity index (χ3v) is 1.99. The summed E-state index contributed by atoms with van der Waals surface area (Å²) in [6, 6.07) is 3.38. The number of nitrogens with zero attached hydrogens (tertiary/aromatic N) is 1. The zero-order chi connectivity index (χ0) is 9.26. The zero-order valence-electron chi connectivity index (χ0n) is 6.80. The number of amides is 1. The van der Waals surface area contributed by atoms with Crippen molar-refractivity contribution in [1.82, 2.24) is 4.98 Å². The highest BCUT2D eigenvalue weighted by Crippen LogP contribution is 2.23. The molecule has 0 atom stereocenters. The fraction of sp³-hybridized carbons (Fsp3) is 0.250. The van der Waals surface area contributed by atoms with Crippen molar-refractivity contribution in [2.45, 2.75) is 6.42 Å². The fourth-order valence-corrected chi connectivity index (χ4v) is 1.33. The summed E-state index contributed by atoms with van der Waals surface area (Å²) in [5, 5.41) is 6.16. The van der Waals surface area contributed by atoms with Gasteiger partial charge in [0, 0.05) is 13.0 Å². The predicted octanol–water partition coefficient (Wildman–Crippen LogP) is 1.49. The molecule has 0 radical (unpaired) electrons. The van der Waals surface area contributed by atoms with Crippen molar-refractivity contribution in [3.63, 3.8) is 0 Å². The van der Waals surface area contributed by atoms with Crippen LogP contribution in [0.4, 0.5) is 11.5 Å². The van der Waals surface area contributed by atoms with E-state index in [1.54, 1.807) is 12.1 Å². The first-order valence-electron chi connectivity index (χ1n) is 3.96. The van der Waals surface area contributed by atoms with E-state index >= 15 is 0 Å². The second-order valence-electron chi connectivity index (χ2n) is 2.76. The van der Waals surface area contributed by atoms with E-state index in [0.29, 0.717) is 29.6 Å². The highest BCUT2D eigenvalue weighted by Gasteiger charge is 2.12. The van der Waals surface area contributed by atoms with Crippen molar-refractivity contribution in [3.05, 3.63) is 17.3 Å². The highest BCUT2D eigenvalue weighted by molar-refractivity contribution is 6.29. The van der Waals surface area contributed by atoms with Crippen LogP contribution in [-0.4, -0.2) is 17.4 Å². The van der Waals surface area contributed by atoms with E-state index in [0.717, 1.165) is 0 Å². The molecule has 2 heterocycles. The van der Waals surface area contributed by atoms with Gasteiger partial charge in [0.2, 0.25) is 5.91 Å². The van der Waals surface area contributed by atoms with Crippen molar-refractivity contribution >= 4 is 29.0 Å². The number of rotatable bonds is 0. The number of nitrogens with one attached hydrogen (secondary N) is 2.